The molecule has 32 heavy (non-hydrogen) atoms. The molecule has 3 heterocycles. The molecule has 0 atom stereocenters. The van der Waals surface area contributed by atoms with Gasteiger partial charge in [-0.05, 0) is 49.0 Å². The zero-order valence-corrected chi connectivity index (χ0v) is 19.7. The summed E-state index contributed by atoms with van der Waals surface area (Å²) in [7, 11) is 5.64. The van der Waals surface area contributed by atoms with Gasteiger partial charge in [-0.1, -0.05) is 11.6 Å². The third-order valence-electron chi connectivity index (χ3n) is 5.40. The van der Waals surface area contributed by atoms with Crippen molar-refractivity contribution in [2.75, 3.05) is 26.0 Å². The minimum Gasteiger partial charge on any atom is -0.346 e. The molecule has 3 aromatic rings. The van der Waals surface area contributed by atoms with Crippen LogP contribution in [0.25, 0.3) is 17.0 Å². The van der Waals surface area contributed by atoms with Gasteiger partial charge in [-0.2, -0.15) is 0 Å². The van der Waals surface area contributed by atoms with Crippen LogP contribution in [0.2, 0.25) is 5.02 Å². The molecule has 4 rings (SSSR count). The SMILES string of the molecule is CN1CC(=O)Nc2ncc(/C=C/C(=O)N(C)Cc3cc4cc(Cl)ccc4n3C)cc2C1.Cl. The van der Waals surface area contributed by atoms with Crippen molar-refractivity contribution in [2.24, 2.45) is 7.05 Å². The van der Waals surface area contributed by atoms with Gasteiger partial charge in [0.15, 0.2) is 0 Å². The summed E-state index contributed by atoms with van der Waals surface area (Å²) < 4.78 is 2.07. The van der Waals surface area contributed by atoms with E-state index in [1.165, 1.54) is 0 Å². The standard InChI is InChI=1S/C23H24ClN5O2.ClH/c1-27-12-17-8-15(11-25-23(17)26-21(30)14-27)4-7-22(31)28(2)13-19-10-16-9-18(24)5-6-20(16)29(19)3;/h4-11H,12-14H2,1-3H3,(H,25,26,30);1H/b7-4+;. The highest BCUT2D eigenvalue weighted by Crippen LogP contribution is 2.23. The number of carbonyl (C=O) groups excluding carboxylic acids is 2. The van der Waals surface area contributed by atoms with E-state index < -0.39 is 0 Å². The van der Waals surface area contributed by atoms with E-state index in [2.05, 4.69) is 20.9 Å². The number of nitrogens with one attached hydrogen (secondary N) is 1. The summed E-state index contributed by atoms with van der Waals surface area (Å²) in [5.41, 5.74) is 3.82. The van der Waals surface area contributed by atoms with Crippen LogP contribution in [-0.2, 0) is 29.7 Å². The Balaban J connectivity index is 0.00000289. The zero-order chi connectivity index (χ0) is 22.1. The molecule has 9 heteroatoms. The van der Waals surface area contributed by atoms with E-state index in [0.29, 0.717) is 30.5 Å². The van der Waals surface area contributed by atoms with Gasteiger partial charge in [0.05, 0.1) is 13.1 Å². The van der Waals surface area contributed by atoms with E-state index in [1.807, 2.05) is 43.3 Å². The molecule has 0 unspecified atom stereocenters. The molecule has 0 aliphatic carbocycles. The lowest BCUT2D eigenvalue weighted by molar-refractivity contribution is -0.125. The summed E-state index contributed by atoms with van der Waals surface area (Å²) in [6.45, 7) is 1.41. The second-order valence-electron chi connectivity index (χ2n) is 7.92. The third kappa shape index (κ3) is 5.12. The molecule has 0 fully saturated rings. The molecule has 0 bridgehead atoms. The van der Waals surface area contributed by atoms with E-state index >= 15 is 0 Å². The van der Waals surface area contributed by atoms with Crippen molar-refractivity contribution in [1.29, 1.82) is 0 Å². The van der Waals surface area contributed by atoms with Crippen LogP contribution in [0.4, 0.5) is 5.82 Å². The Morgan fingerprint density at radius 1 is 1.25 bits per heavy atom. The maximum absolute atomic E-state index is 12.7. The molecule has 0 saturated heterocycles. The Bertz CT molecular complexity index is 1200. The Hall–Kier alpha value is -2.87. The average Bonchev–Trinajstić information content (AvgIpc) is 2.92. The highest BCUT2D eigenvalue weighted by atomic mass is 35.5. The molecule has 0 radical (unpaired) electrons. The number of halogens is 2. The minimum atomic E-state index is -0.108. The lowest BCUT2D eigenvalue weighted by Gasteiger charge is -2.16. The van der Waals surface area contributed by atoms with E-state index in [4.69, 9.17) is 11.6 Å². The molecule has 1 aliphatic heterocycles. The first-order valence-corrected chi connectivity index (χ1v) is 10.3. The molecule has 1 aliphatic rings. The number of hydrogen-bond donors (Lipinski definition) is 1. The first kappa shape index (κ1) is 23.8. The predicted octanol–water partition coefficient (Wildman–Crippen LogP) is 3.70. The number of pyridine rings is 1. The van der Waals surface area contributed by atoms with E-state index in [0.717, 1.165) is 27.7 Å². The molecular weight excluding hydrogens is 449 g/mol. The largest absolute Gasteiger partial charge is 0.346 e. The number of hydrogen-bond acceptors (Lipinski definition) is 4. The average molecular weight is 474 g/mol. The number of nitrogens with zero attached hydrogens (tertiary/aromatic N) is 4. The second-order valence-corrected chi connectivity index (χ2v) is 8.36. The highest BCUT2D eigenvalue weighted by molar-refractivity contribution is 6.31. The molecule has 2 aromatic heterocycles. The summed E-state index contributed by atoms with van der Waals surface area (Å²) in [4.78, 5) is 32.4. The summed E-state index contributed by atoms with van der Waals surface area (Å²) in [6.07, 6.45) is 4.95. The molecular formula is C23H25Cl2N5O2. The number of fused-ring (bicyclic) bond motifs is 2. The predicted molar refractivity (Wildman–Crippen MR) is 130 cm³/mol. The highest BCUT2D eigenvalue weighted by Gasteiger charge is 2.17. The fourth-order valence-corrected chi connectivity index (χ4v) is 3.94. The maximum atomic E-state index is 12.7. The molecule has 7 nitrogen and oxygen atoms in total. The first-order chi connectivity index (χ1) is 14.8. The molecule has 1 N–H and O–H groups in total. The molecule has 168 valence electrons. The molecule has 2 amide bonds. The zero-order valence-electron chi connectivity index (χ0n) is 18.1. The van der Waals surface area contributed by atoms with Gasteiger partial charge in [-0.25, -0.2) is 4.98 Å². The minimum absolute atomic E-state index is 0. The number of amides is 2. The number of aromatic nitrogens is 2. The third-order valence-corrected chi connectivity index (χ3v) is 5.63. The van der Waals surface area contributed by atoms with Crippen molar-refractivity contribution < 1.29 is 9.59 Å². The van der Waals surface area contributed by atoms with Gasteiger partial charge < -0.3 is 14.8 Å². The number of aryl methyl sites for hydroxylation is 1. The van der Waals surface area contributed by atoms with Gasteiger partial charge in [0.1, 0.15) is 5.82 Å². The Morgan fingerprint density at radius 2 is 2.03 bits per heavy atom. The number of carbonyl (C=O) groups is 2. The van der Waals surface area contributed by atoms with Gasteiger partial charge in [0.25, 0.3) is 0 Å². The van der Waals surface area contributed by atoms with Gasteiger partial charge >= 0.3 is 0 Å². The number of anilines is 1. The molecule has 1 aromatic carbocycles. The first-order valence-electron chi connectivity index (χ1n) is 9.94. The van der Waals surface area contributed by atoms with Crippen LogP contribution >= 0.6 is 24.0 Å². The van der Waals surface area contributed by atoms with Crippen molar-refractivity contribution >= 4 is 58.6 Å². The van der Waals surface area contributed by atoms with E-state index in [-0.39, 0.29) is 24.2 Å². The van der Waals surface area contributed by atoms with Crippen LogP contribution in [0.5, 0.6) is 0 Å². The summed E-state index contributed by atoms with van der Waals surface area (Å²) in [6, 6.07) is 9.77. The van der Waals surface area contributed by atoms with Crippen LogP contribution in [0, 0.1) is 0 Å². The van der Waals surface area contributed by atoms with Crippen molar-refractivity contribution in [1.82, 2.24) is 19.4 Å². The normalized spacial score (nSPS) is 14.1. The Morgan fingerprint density at radius 3 is 2.81 bits per heavy atom. The Labute approximate surface area is 198 Å². The summed E-state index contributed by atoms with van der Waals surface area (Å²) >= 11 is 6.09. The summed E-state index contributed by atoms with van der Waals surface area (Å²) in [5.74, 6) is 0.388. The smallest absolute Gasteiger partial charge is 0.246 e. The van der Waals surface area contributed by atoms with Crippen molar-refractivity contribution in [3.8, 4) is 0 Å². The topological polar surface area (TPSA) is 70.5 Å². The molecule has 0 spiro atoms. The fraction of sp³-hybridized carbons (Fsp3) is 0.261. The monoisotopic (exact) mass is 473 g/mol. The van der Waals surface area contributed by atoms with E-state index in [9.17, 15) is 9.59 Å². The Kier molecular flexibility index (Phi) is 7.23. The fourth-order valence-electron chi connectivity index (χ4n) is 3.76. The van der Waals surface area contributed by atoms with Crippen LogP contribution in [0.15, 0.2) is 42.6 Å². The van der Waals surface area contributed by atoms with Gasteiger partial charge in [0.2, 0.25) is 11.8 Å². The maximum Gasteiger partial charge on any atom is 0.246 e. The summed E-state index contributed by atoms with van der Waals surface area (Å²) in [5, 5.41) is 4.55. The van der Waals surface area contributed by atoms with Crippen LogP contribution in [0.3, 0.4) is 0 Å². The van der Waals surface area contributed by atoms with Gasteiger partial charge in [-0.3, -0.25) is 14.5 Å². The molecule has 0 saturated carbocycles. The second kappa shape index (κ2) is 9.73. The number of likely N-dealkylation sites (N-methyl/N-ethyl adjacent to an activating group) is 2. The van der Waals surface area contributed by atoms with Gasteiger partial charge in [-0.15, -0.1) is 12.4 Å². The quantitative estimate of drug-likeness (QED) is 0.586. The van der Waals surface area contributed by atoms with Crippen LogP contribution in [0.1, 0.15) is 16.8 Å². The van der Waals surface area contributed by atoms with E-state index in [1.54, 1.807) is 30.3 Å². The number of benzene rings is 1. The lowest BCUT2D eigenvalue weighted by atomic mass is 10.1. The lowest BCUT2D eigenvalue weighted by Crippen LogP contribution is -2.26. The van der Waals surface area contributed by atoms with Gasteiger partial charge in [0, 0.05) is 60.1 Å². The van der Waals surface area contributed by atoms with Crippen molar-refractivity contribution in [3.63, 3.8) is 0 Å². The number of rotatable bonds is 4. The van der Waals surface area contributed by atoms with Crippen LogP contribution < -0.4 is 5.32 Å². The van der Waals surface area contributed by atoms with Crippen LogP contribution in [-0.4, -0.2) is 51.8 Å². The van der Waals surface area contributed by atoms with Crippen molar-refractivity contribution in [2.45, 2.75) is 13.1 Å². The van der Waals surface area contributed by atoms with Crippen molar-refractivity contribution in [3.05, 3.63) is 64.4 Å².